The Morgan fingerprint density at radius 1 is 1.54 bits per heavy atom. The zero-order valence-corrected chi connectivity index (χ0v) is 8.68. The Kier molecular flexibility index (Phi) is 4.16. The number of methoxy groups -OCH3 is 1. The van der Waals surface area contributed by atoms with Gasteiger partial charge in [0.2, 0.25) is 0 Å². The van der Waals surface area contributed by atoms with Crippen LogP contribution in [0.4, 0.5) is 0 Å². The van der Waals surface area contributed by atoms with Crippen molar-refractivity contribution in [2.24, 2.45) is 5.92 Å². The van der Waals surface area contributed by atoms with E-state index in [1.807, 2.05) is 0 Å². The molecule has 1 unspecified atom stereocenters. The molecule has 1 aliphatic carbocycles. The predicted octanol–water partition coefficient (Wildman–Crippen LogP) is 0.773. The van der Waals surface area contributed by atoms with Crippen molar-refractivity contribution in [2.45, 2.75) is 31.7 Å². The van der Waals surface area contributed by atoms with Crippen LogP contribution in [-0.4, -0.2) is 37.5 Å². The molecule has 0 radical (unpaired) electrons. The van der Waals surface area contributed by atoms with Gasteiger partial charge in [0.15, 0.2) is 0 Å². The van der Waals surface area contributed by atoms with E-state index in [9.17, 15) is 0 Å². The maximum atomic E-state index is 9.04. The molecule has 3 heteroatoms. The van der Waals surface area contributed by atoms with Crippen LogP contribution in [0.1, 0.15) is 26.2 Å². The van der Waals surface area contributed by atoms with E-state index < -0.39 is 0 Å². The van der Waals surface area contributed by atoms with Crippen LogP contribution in [0.2, 0.25) is 0 Å². The van der Waals surface area contributed by atoms with Crippen molar-refractivity contribution in [1.29, 1.82) is 0 Å². The van der Waals surface area contributed by atoms with Crippen LogP contribution < -0.4 is 5.32 Å². The third-order valence-corrected chi connectivity index (χ3v) is 2.85. The molecule has 1 saturated carbocycles. The molecular weight excluding hydrogens is 166 g/mol. The Bertz CT molecular complexity index is 129. The van der Waals surface area contributed by atoms with Crippen LogP contribution >= 0.6 is 0 Å². The fourth-order valence-corrected chi connectivity index (χ4v) is 2.12. The Morgan fingerprint density at radius 3 is 2.62 bits per heavy atom. The number of nitrogens with one attached hydrogen (secondary N) is 1. The Labute approximate surface area is 80.5 Å². The highest BCUT2D eigenvalue weighted by Gasteiger charge is 2.44. The van der Waals surface area contributed by atoms with E-state index in [4.69, 9.17) is 9.84 Å². The summed E-state index contributed by atoms with van der Waals surface area (Å²) in [6.45, 7) is 4.00. The standard InChI is InChI=1S/C10H21NO2/c1-3-11-10(6-7-12,8-13-2)9-4-5-9/h9,11-12H,3-8H2,1-2H3. The predicted molar refractivity (Wildman–Crippen MR) is 52.7 cm³/mol. The Hall–Kier alpha value is -0.120. The fraction of sp³-hybridized carbons (Fsp3) is 1.00. The quantitative estimate of drug-likeness (QED) is 0.618. The first kappa shape index (κ1) is 11.0. The van der Waals surface area contributed by atoms with Gasteiger partial charge in [-0.15, -0.1) is 0 Å². The molecular formula is C10H21NO2. The topological polar surface area (TPSA) is 41.5 Å². The number of ether oxygens (including phenoxy) is 1. The third-order valence-electron chi connectivity index (χ3n) is 2.85. The number of hydrogen-bond donors (Lipinski definition) is 2. The van der Waals surface area contributed by atoms with Crippen LogP contribution in [0.5, 0.6) is 0 Å². The normalized spacial score (nSPS) is 21.5. The Balaban J connectivity index is 2.54. The zero-order valence-electron chi connectivity index (χ0n) is 8.68. The Morgan fingerprint density at radius 2 is 2.23 bits per heavy atom. The summed E-state index contributed by atoms with van der Waals surface area (Å²) in [5.41, 5.74) is 0.0399. The SMILES string of the molecule is CCNC(CCO)(COC)C1CC1. The van der Waals surface area contributed by atoms with Gasteiger partial charge < -0.3 is 15.2 Å². The second-order valence-corrected chi connectivity index (χ2v) is 3.87. The van der Waals surface area contributed by atoms with Crippen LogP contribution in [0.15, 0.2) is 0 Å². The van der Waals surface area contributed by atoms with Gasteiger partial charge in [0, 0.05) is 19.3 Å². The molecule has 0 aromatic carbocycles. The lowest BCUT2D eigenvalue weighted by Crippen LogP contribution is -2.51. The summed E-state index contributed by atoms with van der Waals surface area (Å²) in [4.78, 5) is 0. The van der Waals surface area contributed by atoms with Gasteiger partial charge in [-0.2, -0.15) is 0 Å². The van der Waals surface area contributed by atoms with Crippen molar-refractivity contribution >= 4 is 0 Å². The fourth-order valence-electron chi connectivity index (χ4n) is 2.12. The average Bonchev–Trinajstić information content (AvgIpc) is 2.87. The summed E-state index contributed by atoms with van der Waals surface area (Å²) in [6, 6.07) is 0. The van der Waals surface area contributed by atoms with Crippen molar-refractivity contribution < 1.29 is 9.84 Å². The van der Waals surface area contributed by atoms with Gasteiger partial charge in [-0.1, -0.05) is 6.92 Å². The van der Waals surface area contributed by atoms with Crippen molar-refractivity contribution in [2.75, 3.05) is 26.9 Å². The van der Waals surface area contributed by atoms with Crippen molar-refractivity contribution in [3.8, 4) is 0 Å². The minimum Gasteiger partial charge on any atom is -0.396 e. The maximum absolute atomic E-state index is 9.04. The van der Waals surface area contributed by atoms with E-state index in [0.717, 1.165) is 13.0 Å². The van der Waals surface area contributed by atoms with Crippen LogP contribution in [0, 0.1) is 5.92 Å². The van der Waals surface area contributed by atoms with Gasteiger partial charge in [-0.25, -0.2) is 0 Å². The molecule has 1 rings (SSSR count). The molecule has 0 aromatic rings. The second kappa shape index (κ2) is 4.94. The maximum Gasteiger partial charge on any atom is 0.0648 e. The van der Waals surface area contributed by atoms with E-state index in [1.165, 1.54) is 12.8 Å². The molecule has 0 saturated heterocycles. The molecule has 0 bridgehead atoms. The number of aliphatic hydroxyl groups is 1. The first-order valence-electron chi connectivity index (χ1n) is 5.14. The molecule has 2 N–H and O–H groups in total. The molecule has 0 aliphatic heterocycles. The van der Waals surface area contributed by atoms with Crippen LogP contribution in [0.3, 0.4) is 0 Å². The summed E-state index contributed by atoms with van der Waals surface area (Å²) < 4.78 is 5.24. The lowest BCUT2D eigenvalue weighted by atomic mass is 9.90. The molecule has 1 atom stereocenters. The van der Waals surface area contributed by atoms with Crippen molar-refractivity contribution in [1.82, 2.24) is 5.32 Å². The van der Waals surface area contributed by atoms with E-state index in [0.29, 0.717) is 12.5 Å². The molecule has 1 fully saturated rings. The van der Waals surface area contributed by atoms with Crippen LogP contribution in [-0.2, 0) is 4.74 Å². The first-order valence-corrected chi connectivity index (χ1v) is 5.14. The summed E-state index contributed by atoms with van der Waals surface area (Å²) >= 11 is 0. The molecule has 13 heavy (non-hydrogen) atoms. The molecule has 0 spiro atoms. The van der Waals surface area contributed by atoms with Gasteiger partial charge in [-0.05, 0) is 31.7 Å². The highest BCUT2D eigenvalue weighted by molar-refractivity contribution is 5.00. The van der Waals surface area contributed by atoms with Crippen LogP contribution in [0.25, 0.3) is 0 Å². The number of aliphatic hydroxyl groups excluding tert-OH is 1. The van der Waals surface area contributed by atoms with Gasteiger partial charge in [0.05, 0.1) is 6.61 Å². The minimum absolute atomic E-state index is 0.0399. The van der Waals surface area contributed by atoms with Gasteiger partial charge in [-0.3, -0.25) is 0 Å². The van der Waals surface area contributed by atoms with E-state index in [2.05, 4.69) is 12.2 Å². The van der Waals surface area contributed by atoms with E-state index in [-0.39, 0.29) is 12.1 Å². The zero-order chi connectivity index (χ0) is 9.73. The van der Waals surface area contributed by atoms with Gasteiger partial charge >= 0.3 is 0 Å². The van der Waals surface area contributed by atoms with Gasteiger partial charge in [0.25, 0.3) is 0 Å². The van der Waals surface area contributed by atoms with E-state index >= 15 is 0 Å². The molecule has 78 valence electrons. The smallest absolute Gasteiger partial charge is 0.0648 e. The summed E-state index contributed by atoms with van der Waals surface area (Å²) in [6.07, 6.45) is 3.35. The third kappa shape index (κ3) is 2.66. The average molecular weight is 187 g/mol. The molecule has 0 heterocycles. The summed E-state index contributed by atoms with van der Waals surface area (Å²) in [7, 11) is 1.73. The monoisotopic (exact) mass is 187 g/mol. The molecule has 0 amide bonds. The molecule has 0 aromatic heterocycles. The minimum atomic E-state index is 0.0399. The summed E-state index contributed by atoms with van der Waals surface area (Å²) in [5, 5.41) is 12.5. The number of hydrogen-bond acceptors (Lipinski definition) is 3. The molecule has 1 aliphatic rings. The second-order valence-electron chi connectivity index (χ2n) is 3.87. The van der Waals surface area contributed by atoms with Crippen molar-refractivity contribution in [3.63, 3.8) is 0 Å². The molecule has 3 nitrogen and oxygen atoms in total. The lowest BCUT2D eigenvalue weighted by Gasteiger charge is -2.34. The number of rotatable bonds is 7. The highest BCUT2D eigenvalue weighted by Crippen LogP contribution is 2.41. The highest BCUT2D eigenvalue weighted by atomic mass is 16.5. The largest absolute Gasteiger partial charge is 0.396 e. The van der Waals surface area contributed by atoms with Crippen molar-refractivity contribution in [3.05, 3.63) is 0 Å². The van der Waals surface area contributed by atoms with Gasteiger partial charge in [0.1, 0.15) is 0 Å². The first-order chi connectivity index (χ1) is 6.29. The van der Waals surface area contributed by atoms with E-state index in [1.54, 1.807) is 7.11 Å². The number of likely N-dealkylation sites (N-methyl/N-ethyl adjacent to an activating group) is 1. The summed E-state index contributed by atoms with van der Waals surface area (Å²) in [5.74, 6) is 0.708. The lowest BCUT2D eigenvalue weighted by molar-refractivity contribution is 0.0745.